The van der Waals surface area contributed by atoms with Gasteiger partial charge in [0.2, 0.25) is 5.91 Å². The first-order chi connectivity index (χ1) is 10.3. The topological polar surface area (TPSA) is 61.0 Å². The molecule has 1 aromatic heterocycles. The van der Waals surface area contributed by atoms with Gasteiger partial charge in [0.1, 0.15) is 0 Å². The highest BCUT2D eigenvalue weighted by Gasteiger charge is 2.28. The van der Waals surface area contributed by atoms with Crippen molar-refractivity contribution >= 4 is 11.6 Å². The number of nitrogens with zero attached hydrogens (tertiary/aromatic N) is 2. The van der Waals surface area contributed by atoms with E-state index in [2.05, 4.69) is 27.5 Å². The number of fused-ring (bicyclic) bond motifs is 2. The molecule has 2 heterocycles. The predicted molar refractivity (Wildman–Crippen MR) is 79.7 cm³/mol. The molecular formula is C16H18N4O. The normalized spacial score (nSPS) is 20.0. The Morgan fingerprint density at radius 1 is 1.33 bits per heavy atom. The van der Waals surface area contributed by atoms with Crippen molar-refractivity contribution in [1.82, 2.24) is 15.4 Å². The Morgan fingerprint density at radius 3 is 3.19 bits per heavy atom. The first kappa shape index (κ1) is 12.4. The molecule has 1 aliphatic heterocycles. The Balaban J connectivity index is 1.46. The molecule has 108 valence electrons. The van der Waals surface area contributed by atoms with Crippen LogP contribution in [0.15, 0.2) is 30.6 Å². The minimum atomic E-state index is 0.0331. The van der Waals surface area contributed by atoms with Crippen LogP contribution in [0.1, 0.15) is 23.4 Å². The summed E-state index contributed by atoms with van der Waals surface area (Å²) in [5.41, 5.74) is 7.75. The summed E-state index contributed by atoms with van der Waals surface area (Å²) in [6.07, 6.45) is 5.23. The standard InChI is InChI=1S/C16H18N4O/c21-16(12-5-6-13-14(9-12)18-10-17-13)19-20-8-7-11-3-1-2-4-15(11)20/h1-4,10,12H,5-9H2,(H,17,18)(H,19,21)/t12-/m1/s1. The van der Waals surface area contributed by atoms with Gasteiger partial charge >= 0.3 is 0 Å². The van der Waals surface area contributed by atoms with Gasteiger partial charge in [0.25, 0.3) is 0 Å². The molecule has 1 amide bonds. The second kappa shape index (κ2) is 4.91. The number of para-hydroxylation sites is 1. The average molecular weight is 282 g/mol. The fraction of sp³-hybridized carbons (Fsp3) is 0.375. The Kier molecular flexibility index (Phi) is 2.91. The number of aromatic amines is 1. The second-order valence-electron chi connectivity index (χ2n) is 5.77. The third kappa shape index (κ3) is 2.18. The number of amides is 1. The molecule has 0 fully saturated rings. The van der Waals surface area contributed by atoms with E-state index in [-0.39, 0.29) is 11.8 Å². The van der Waals surface area contributed by atoms with E-state index in [0.717, 1.165) is 49.3 Å². The maximum atomic E-state index is 12.5. The Labute approximate surface area is 123 Å². The number of hydrazine groups is 1. The average Bonchev–Trinajstić information content (AvgIpc) is 3.13. The third-order valence-corrected chi connectivity index (χ3v) is 4.49. The van der Waals surface area contributed by atoms with Crippen LogP contribution in [0.4, 0.5) is 5.69 Å². The Bertz CT molecular complexity index is 678. The molecule has 0 unspecified atom stereocenters. The van der Waals surface area contributed by atoms with E-state index in [4.69, 9.17) is 0 Å². The zero-order chi connectivity index (χ0) is 14.2. The highest BCUT2D eigenvalue weighted by atomic mass is 16.2. The molecule has 0 saturated carbocycles. The SMILES string of the molecule is O=C(NN1CCc2ccccc21)[C@@H]1CCc2nc[nH]c2C1. The smallest absolute Gasteiger partial charge is 0.242 e. The van der Waals surface area contributed by atoms with Crippen molar-refractivity contribution in [3.8, 4) is 0 Å². The van der Waals surface area contributed by atoms with Gasteiger partial charge in [-0.1, -0.05) is 18.2 Å². The van der Waals surface area contributed by atoms with E-state index >= 15 is 0 Å². The molecule has 5 nitrogen and oxygen atoms in total. The zero-order valence-electron chi connectivity index (χ0n) is 11.8. The van der Waals surface area contributed by atoms with E-state index < -0.39 is 0 Å². The molecule has 4 rings (SSSR count). The summed E-state index contributed by atoms with van der Waals surface area (Å²) in [6.45, 7) is 0.854. The fourth-order valence-electron chi connectivity index (χ4n) is 3.30. The molecule has 2 aliphatic rings. The fourth-order valence-corrected chi connectivity index (χ4v) is 3.30. The van der Waals surface area contributed by atoms with E-state index in [1.54, 1.807) is 6.33 Å². The molecule has 1 aliphatic carbocycles. The van der Waals surface area contributed by atoms with Crippen LogP contribution >= 0.6 is 0 Å². The lowest BCUT2D eigenvalue weighted by Crippen LogP contribution is -2.45. The highest BCUT2D eigenvalue weighted by molar-refractivity contribution is 5.81. The van der Waals surface area contributed by atoms with Crippen LogP contribution in [0, 0.1) is 5.92 Å². The van der Waals surface area contributed by atoms with Gasteiger partial charge in [-0.05, 0) is 30.9 Å². The molecular weight excluding hydrogens is 264 g/mol. The molecule has 0 radical (unpaired) electrons. The number of carbonyl (C=O) groups excluding carboxylic acids is 1. The lowest BCUT2D eigenvalue weighted by Gasteiger charge is -2.26. The third-order valence-electron chi connectivity index (χ3n) is 4.49. The van der Waals surface area contributed by atoms with Gasteiger partial charge in [-0.2, -0.15) is 0 Å². The number of aryl methyl sites for hydroxylation is 1. The maximum Gasteiger partial charge on any atom is 0.242 e. The summed E-state index contributed by atoms with van der Waals surface area (Å²) in [7, 11) is 0. The monoisotopic (exact) mass is 282 g/mol. The van der Waals surface area contributed by atoms with E-state index in [1.165, 1.54) is 5.56 Å². The Hall–Kier alpha value is -2.30. The maximum absolute atomic E-state index is 12.5. The summed E-state index contributed by atoms with van der Waals surface area (Å²) in [4.78, 5) is 19.9. The van der Waals surface area contributed by atoms with Crippen LogP contribution in [0.3, 0.4) is 0 Å². The molecule has 2 aromatic rings. The van der Waals surface area contributed by atoms with E-state index in [1.807, 2.05) is 17.1 Å². The van der Waals surface area contributed by atoms with Gasteiger partial charge in [-0.15, -0.1) is 0 Å². The summed E-state index contributed by atoms with van der Waals surface area (Å²) < 4.78 is 0. The molecule has 1 aromatic carbocycles. The van der Waals surface area contributed by atoms with Gasteiger partial charge in [0.05, 0.1) is 17.7 Å². The van der Waals surface area contributed by atoms with Gasteiger partial charge in [-0.25, -0.2) is 4.98 Å². The van der Waals surface area contributed by atoms with Crippen molar-refractivity contribution in [2.45, 2.75) is 25.7 Å². The number of anilines is 1. The quantitative estimate of drug-likeness (QED) is 0.879. The molecule has 2 N–H and O–H groups in total. The molecule has 1 atom stereocenters. The Morgan fingerprint density at radius 2 is 2.24 bits per heavy atom. The van der Waals surface area contributed by atoms with Crippen LogP contribution in [0.2, 0.25) is 0 Å². The number of H-pyrrole nitrogens is 1. The number of rotatable bonds is 2. The first-order valence-electron chi connectivity index (χ1n) is 7.48. The number of hydrogen-bond acceptors (Lipinski definition) is 3. The van der Waals surface area contributed by atoms with E-state index in [9.17, 15) is 4.79 Å². The highest BCUT2D eigenvalue weighted by Crippen LogP contribution is 2.27. The number of benzene rings is 1. The first-order valence-corrected chi connectivity index (χ1v) is 7.48. The van der Waals surface area contributed by atoms with Crippen LogP contribution in [-0.2, 0) is 24.1 Å². The largest absolute Gasteiger partial charge is 0.348 e. The van der Waals surface area contributed by atoms with Crippen LogP contribution < -0.4 is 10.4 Å². The minimum Gasteiger partial charge on any atom is -0.348 e. The number of aromatic nitrogens is 2. The number of imidazole rings is 1. The summed E-state index contributed by atoms with van der Waals surface area (Å²) in [6, 6.07) is 8.25. The molecule has 5 heteroatoms. The van der Waals surface area contributed by atoms with Crippen molar-refractivity contribution in [2.75, 3.05) is 11.6 Å². The lowest BCUT2D eigenvalue weighted by atomic mass is 9.89. The van der Waals surface area contributed by atoms with Crippen molar-refractivity contribution in [2.24, 2.45) is 5.92 Å². The lowest BCUT2D eigenvalue weighted by molar-refractivity contribution is -0.125. The molecule has 0 spiro atoms. The van der Waals surface area contributed by atoms with Crippen LogP contribution in [0.5, 0.6) is 0 Å². The van der Waals surface area contributed by atoms with Crippen molar-refractivity contribution in [3.05, 3.63) is 47.5 Å². The summed E-state index contributed by atoms with van der Waals surface area (Å²) >= 11 is 0. The zero-order valence-corrected chi connectivity index (χ0v) is 11.8. The minimum absolute atomic E-state index is 0.0331. The van der Waals surface area contributed by atoms with Crippen molar-refractivity contribution < 1.29 is 4.79 Å². The van der Waals surface area contributed by atoms with Crippen molar-refractivity contribution in [3.63, 3.8) is 0 Å². The van der Waals surface area contributed by atoms with E-state index in [0.29, 0.717) is 0 Å². The van der Waals surface area contributed by atoms with Crippen LogP contribution in [-0.4, -0.2) is 22.4 Å². The number of carbonyl (C=O) groups is 1. The molecule has 0 saturated heterocycles. The summed E-state index contributed by atoms with van der Waals surface area (Å²) in [5, 5.41) is 1.99. The molecule has 0 bridgehead atoms. The predicted octanol–water partition coefficient (Wildman–Crippen LogP) is 1.61. The second-order valence-corrected chi connectivity index (χ2v) is 5.77. The van der Waals surface area contributed by atoms with Gasteiger partial charge in [-0.3, -0.25) is 15.2 Å². The number of nitrogens with one attached hydrogen (secondary N) is 2. The van der Waals surface area contributed by atoms with Crippen molar-refractivity contribution in [1.29, 1.82) is 0 Å². The van der Waals surface area contributed by atoms with Gasteiger partial charge in [0.15, 0.2) is 0 Å². The van der Waals surface area contributed by atoms with Gasteiger partial charge < -0.3 is 4.98 Å². The van der Waals surface area contributed by atoms with Gasteiger partial charge in [0, 0.05) is 24.6 Å². The van der Waals surface area contributed by atoms with Crippen LogP contribution in [0.25, 0.3) is 0 Å². The molecule has 21 heavy (non-hydrogen) atoms. The number of hydrogen-bond donors (Lipinski definition) is 2. The summed E-state index contributed by atoms with van der Waals surface area (Å²) in [5.74, 6) is 0.151.